The highest BCUT2D eigenvalue weighted by atomic mass is 32.2. The molecule has 1 heterocycles. The van der Waals surface area contributed by atoms with Crippen molar-refractivity contribution in [3.8, 4) is 0 Å². The smallest absolute Gasteiger partial charge is 0.262 e. The highest BCUT2D eigenvalue weighted by Crippen LogP contribution is 2.23. The number of aryl methyl sites for hydroxylation is 1. The number of carbonyl (C=O) groups excluding carboxylic acids is 1. The van der Waals surface area contributed by atoms with Gasteiger partial charge in [0, 0.05) is 12.1 Å². The summed E-state index contributed by atoms with van der Waals surface area (Å²) < 4.78 is 27.2. The van der Waals surface area contributed by atoms with E-state index in [4.69, 9.17) is 0 Å². The quantitative estimate of drug-likeness (QED) is 0.876. The average Bonchev–Trinajstić information content (AvgIpc) is 2.41. The minimum absolute atomic E-state index is 0.0745. The number of aromatic amines is 1. The van der Waals surface area contributed by atoms with Gasteiger partial charge in [-0.1, -0.05) is 0 Å². The Kier molecular flexibility index (Phi) is 3.95. The minimum atomic E-state index is -3.88. The molecule has 0 bridgehead atoms. The number of sulfonamides is 1. The Morgan fingerprint density at radius 2 is 1.81 bits per heavy atom. The number of carboxylic acid groups (broad SMARTS) is 1. The average molecular weight is 306 g/mol. The van der Waals surface area contributed by atoms with Gasteiger partial charge in [0.15, 0.2) is 12.4 Å². The van der Waals surface area contributed by atoms with Crippen LogP contribution in [0.5, 0.6) is 0 Å². The zero-order chi connectivity index (χ0) is 15.6. The fourth-order valence-corrected chi connectivity index (χ4v) is 3.29. The zero-order valence-electron chi connectivity index (χ0n) is 11.5. The highest BCUT2D eigenvalue weighted by molar-refractivity contribution is 7.92. The molecule has 0 fully saturated rings. The van der Waals surface area contributed by atoms with Gasteiger partial charge in [0.05, 0.1) is 16.6 Å². The summed E-state index contributed by atoms with van der Waals surface area (Å²) in [4.78, 5) is 13.7. The molecule has 2 aromatic rings. The molecule has 0 spiro atoms. The first-order valence-electron chi connectivity index (χ1n) is 6.13. The second kappa shape index (κ2) is 5.53. The van der Waals surface area contributed by atoms with Crippen molar-refractivity contribution >= 4 is 21.7 Å². The van der Waals surface area contributed by atoms with Crippen LogP contribution < -0.4 is 14.8 Å². The second-order valence-electron chi connectivity index (χ2n) is 4.60. The van der Waals surface area contributed by atoms with E-state index in [2.05, 4.69) is 9.71 Å². The van der Waals surface area contributed by atoms with Crippen LogP contribution in [0.1, 0.15) is 21.5 Å². The summed E-state index contributed by atoms with van der Waals surface area (Å²) in [5, 5.41) is 11.0. The molecule has 2 rings (SSSR count). The van der Waals surface area contributed by atoms with E-state index in [0.29, 0.717) is 16.8 Å². The number of hydrogen-bond donors (Lipinski definition) is 1. The number of pyridine rings is 1. The molecule has 1 aromatic carbocycles. The van der Waals surface area contributed by atoms with Gasteiger partial charge in [0.2, 0.25) is 0 Å². The van der Waals surface area contributed by atoms with E-state index >= 15 is 0 Å². The summed E-state index contributed by atoms with van der Waals surface area (Å²) in [5.41, 5.74) is 1.28. The number of aromatic nitrogens is 1. The van der Waals surface area contributed by atoms with E-state index < -0.39 is 16.0 Å². The molecule has 0 aliphatic rings. The topological polar surface area (TPSA) is 100 Å². The van der Waals surface area contributed by atoms with E-state index in [-0.39, 0.29) is 10.5 Å². The van der Waals surface area contributed by atoms with E-state index in [9.17, 15) is 18.3 Å². The van der Waals surface area contributed by atoms with Crippen LogP contribution in [0.15, 0.2) is 41.6 Å². The first-order valence-corrected chi connectivity index (χ1v) is 7.61. The van der Waals surface area contributed by atoms with Crippen molar-refractivity contribution in [2.45, 2.75) is 18.7 Å². The summed E-state index contributed by atoms with van der Waals surface area (Å²) >= 11 is 0. The van der Waals surface area contributed by atoms with Gasteiger partial charge in [-0.3, -0.25) is 4.72 Å². The third kappa shape index (κ3) is 3.19. The van der Waals surface area contributed by atoms with Gasteiger partial charge in [0.1, 0.15) is 0 Å². The number of nitrogens with one attached hydrogen (secondary N) is 2. The summed E-state index contributed by atoms with van der Waals surface area (Å²) in [6.07, 6.45) is 3.15. The molecule has 0 aliphatic heterocycles. The van der Waals surface area contributed by atoms with Gasteiger partial charge in [-0.2, -0.15) is 0 Å². The summed E-state index contributed by atoms with van der Waals surface area (Å²) in [6.45, 7) is 3.28. The lowest BCUT2D eigenvalue weighted by Crippen LogP contribution is -2.24. The van der Waals surface area contributed by atoms with Crippen LogP contribution in [0.4, 0.5) is 5.69 Å². The number of rotatable bonds is 4. The van der Waals surface area contributed by atoms with E-state index in [1.807, 2.05) is 0 Å². The lowest BCUT2D eigenvalue weighted by Gasteiger charge is -2.14. The molecule has 0 saturated heterocycles. The van der Waals surface area contributed by atoms with Crippen molar-refractivity contribution in [1.29, 1.82) is 0 Å². The van der Waals surface area contributed by atoms with Crippen molar-refractivity contribution < 1.29 is 23.3 Å². The maximum atomic E-state index is 12.4. The Hall–Kier alpha value is -2.41. The molecule has 7 heteroatoms. The molecule has 6 nitrogen and oxygen atoms in total. The van der Waals surface area contributed by atoms with Crippen molar-refractivity contribution in [2.75, 3.05) is 4.72 Å². The molecule has 0 saturated carbocycles. The Morgan fingerprint density at radius 1 is 1.19 bits per heavy atom. The van der Waals surface area contributed by atoms with Gasteiger partial charge < -0.3 is 9.90 Å². The Morgan fingerprint density at radius 3 is 2.38 bits per heavy atom. The van der Waals surface area contributed by atoms with Gasteiger partial charge in [-0.05, 0) is 42.7 Å². The van der Waals surface area contributed by atoms with Crippen molar-refractivity contribution in [1.82, 2.24) is 0 Å². The molecular weight excluding hydrogens is 292 g/mol. The molecule has 1 aromatic heterocycles. The first kappa shape index (κ1) is 15.0. The van der Waals surface area contributed by atoms with Crippen LogP contribution in [0, 0.1) is 13.8 Å². The van der Waals surface area contributed by atoms with Gasteiger partial charge in [-0.15, -0.1) is 0 Å². The normalized spacial score (nSPS) is 11.1. The molecule has 21 heavy (non-hydrogen) atoms. The standard InChI is InChI=1S/C14H14N2O4S/c1-9-7-11(14(17)18)8-13(10(9)2)21(19,20)16-12-3-5-15-6-4-12/h3-8H,1-2H3,(H,15,16)(H,17,18). The summed E-state index contributed by atoms with van der Waals surface area (Å²) in [7, 11) is -3.88. The van der Waals surface area contributed by atoms with E-state index in [0.717, 1.165) is 6.07 Å². The lowest BCUT2D eigenvalue weighted by atomic mass is 10.1. The molecule has 0 unspecified atom stereocenters. The maximum absolute atomic E-state index is 12.4. The number of aromatic carboxylic acids is 1. The monoisotopic (exact) mass is 306 g/mol. The summed E-state index contributed by atoms with van der Waals surface area (Å²) in [6, 6.07) is 5.61. The third-order valence-corrected chi connectivity index (χ3v) is 4.62. The number of carboxylic acids is 1. The molecule has 110 valence electrons. The number of carbonyl (C=O) groups is 1. The minimum Gasteiger partial charge on any atom is -0.545 e. The highest BCUT2D eigenvalue weighted by Gasteiger charge is 2.19. The molecular formula is C14H14N2O4S. The Labute approximate surface area is 122 Å². The van der Waals surface area contributed by atoms with Crippen LogP contribution >= 0.6 is 0 Å². The fourth-order valence-electron chi connectivity index (χ4n) is 1.89. The lowest BCUT2D eigenvalue weighted by molar-refractivity contribution is -0.377. The number of H-pyrrole nitrogens is 1. The van der Waals surface area contributed by atoms with Gasteiger partial charge in [-0.25, -0.2) is 13.4 Å². The van der Waals surface area contributed by atoms with Crippen molar-refractivity contribution in [3.05, 3.63) is 53.3 Å². The van der Waals surface area contributed by atoms with Crippen LogP contribution in [0.25, 0.3) is 0 Å². The predicted molar refractivity (Wildman–Crippen MR) is 74.1 cm³/mol. The van der Waals surface area contributed by atoms with Crippen molar-refractivity contribution in [2.24, 2.45) is 0 Å². The maximum Gasteiger partial charge on any atom is 0.262 e. The van der Waals surface area contributed by atoms with Crippen LogP contribution in [0.3, 0.4) is 0 Å². The fraction of sp³-hybridized carbons (Fsp3) is 0.143. The van der Waals surface area contributed by atoms with Crippen LogP contribution in [-0.4, -0.2) is 14.4 Å². The second-order valence-corrected chi connectivity index (χ2v) is 6.25. The number of hydrogen-bond acceptors (Lipinski definition) is 4. The molecule has 2 N–H and O–H groups in total. The summed E-state index contributed by atoms with van der Waals surface area (Å²) in [5.74, 6) is -1.41. The Balaban J connectivity index is 2.52. The van der Waals surface area contributed by atoms with E-state index in [1.165, 1.54) is 6.07 Å². The van der Waals surface area contributed by atoms with Crippen LogP contribution in [-0.2, 0) is 10.0 Å². The first-order chi connectivity index (χ1) is 9.81. The molecule has 0 atom stereocenters. The van der Waals surface area contributed by atoms with Gasteiger partial charge in [0.25, 0.3) is 10.0 Å². The Bertz CT molecular complexity index is 786. The molecule has 0 radical (unpaired) electrons. The SMILES string of the molecule is Cc1cc(C(=O)[O-])cc(S(=O)(=O)Nc2cc[nH+]cc2)c1C. The molecule has 0 amide bonds. The number of benzene rings is 1. The molecule has 0 aliphatic carbocycles. The largest absolute Gasteiger partial charge is 0.545 e. The third-order valence-electron chi connectivity index (χ3n) is 3.12. The van der Waals surface area contributed by atoms with Gasteiger partial charge >= 0.3 is 0 Å². The predicted octanol–water partition coefficient (Wildman–Crippen LogP) is 0.282. The zero-order valence-corrected chi connectivity index (χ0v) is 12.3. The number of anilines is 1. The van der Waals surface area contributed by atoms with E-state index in [1.54, 1.807) is 38.4 Å². The van der Waals surface area contributed by atoms with Crippen molar-refractivity contribution in [3.63, 3.8) is 0 Å². The van der Waals surface area contributed by atoms with Crippen LogP contribution in [0.2, 0.25) is 0 Å².